The minimum absolute atomic E-state index is 0.0867. The number of aromatic nitrogens is 1. The maximum absolute atomic E-state index is 14.0. The van der Waals surface area contributed by atoms with Crippen molar-refractivity contribution in [2.45, 2.75) is 45.8 Å². The third-order valence-corrected chi connectivity index (χ3v) is 6.88. The highest BCUT2D eigenvalue weighted by Gasteiger charge is 2.47. The monoisotopic (exact) mass is 536 g/mol. The molecular weight excluding hydrogens is 504 g/mol. The fourth-order valence-electron chi connectivity index (χ4n) is 4.97. The number of carbonyl (C=O) groups excluding carboxylic acids is 2. The van der Waals surface area contributed by atoms with E-state index in [2.05, 4.69) is 4.98 Å². The zero-order valence-electron chi connectivity index (χ0n) is 22.9. The SMILES string of the molecule is CCOC(=O)Cc1cccc2c1C(C)(C)C(=O)N2c1ccc(OCc2ccccc2)nc1OCc1ccccc1. The van der Waals surface area contributed by atoms with Crippen LogP contribution in [0, 0.1) is 0 Å². The van der Waals surface area contributed by atoms with Crippen molar-refractivity contribution in [2.24, 2.45) is 0 Å². The van der Waals surface area contributed by atoms with Crippen LogP contribution >= 0.6 is 0 Å². The summed E-state index contributed by atoms with van der Waals surface area (Å²) in [6.45, 7) is 6.44. The van der Waals surface area contributed by atoms with Gasteiger partial charge in [-0.25, -0.2) is 0 Å². The first kappa shape index (κ1) is 26.9. The minimum atomic E-state index is -0.877. The Morgan fingerprint density at radius 1 is 0.800 bits per heavy atom. The molecule has 0 unspecified atom stereocenters. The number of carbonyl (C=O) groups is 2. The van der Waals surface area contributed by atoms with Crippen molar-refractivity contribution in [1.82, 2.24) is 4.98 Å². The zero-order chi connectivity index (χ0) is 28.1. The lowest BCUT2D eigenvalue weighted by atomic mass is 9.82. The number of esters is 1. The largest absolute Gasteiger partial charge is 0.473 e. The molecule has 1 amide bonds. The molecule has 5 rings (SSSR count). The van der Waals surface area contributed by atoms with Gasteiger partial charge in [0.2, 0.25) is 17.7 Å². The van der Waals surface area contributed by atoms with Crippen LogP contribution in [0.3, 0.4) is 0 Å². The Labute approximate surface area is 234 Å². The predicted molar refractivity (Wildman–Crippen MR) is 153 cm³/mol. The number of hydrogen-bond donors (Lipinski definition) is 0. The van der Waals surface area contributed by atoms with Gasteiger partial charge in [0.15, 0.2) is 0 Å². The van der Waals surface area contributed by atoms with Crippen molar-refractivity contribution >= 4 is 23.3 Å². The summed E-state index contributed by atoms with van der Waals surface area (Å²) in [4.78, 5) is 32.7. The first-order valence-electron chi connectivity index (χ1n) is 13.4. The van der Waals surface area contributed by atoms with Crippen molar-refractivity contribution in [3.05, 3.63) is 113 Å². The Morgan fingerprint density at radius 2 is 1.45 bits per heavy atom. The topological polar surface area (TPSA) is 78.0 Å². The normalized spacial score (nSPS) is 13.6. The molecule has 0 aliphatic carbocycles. The van der Waals surface area contributed by atoms with Crippen LogP contribution in [0.4, 0.5) is 11.4 Å². The number of rotatable bonds is 10. The number of ether oxygens (including phenoxy) is 3. The number of nitrogens with zero attached hydrogens (tertiary/aromatic N) is 2. The molecule has 0 saturated carbocycles. The van der Waals surface area contributed by atoms with E-state index in [9.17, 15) is 9.59 Å². The first-order valence-corrected chi connectivity index (χ1v) is 13.4. The number of anilines is 2. The molecule has 40 heavy (non-hydrogen) atoms. The second-order valence-corrected chi connectivity index (χ2v) is 10.1. The lowest BCUT2D eigenvalue weighted by Gasteiger charge is -2.23. The summed E-state index contributed by atoms with van der Waals surface area (Å²) >= 11 is 0. The van der Waals surface area contributed by atoms with E-state index in [-0.39, 0.29) is 30.8 Å². The molecule has 7 heteroatoms. The molecule has 3 aromatic carbocycles. The molecule has 204 valence electrons. The van der Waals surface area contributed by atoms with Crippen LogP contribution in [-0.4, -0.2) is 23.5 Å². The Balaban J connectivity index is 1.52. The second kappa shape index (κ2) is 11.6. The van der Waals surface area contributed by atoms with Gasteiger partial charge in [-0.15, -0.1) is 0 Å². The van der Waals surface area contributed by atoms with E-state index in [4.69, 9.17) is 14.2 Å². The highest BCUT2D eigenvalue weighted by Crippen LogP contribution is 2.49. The highest BCUT2D eigenvalue weighted by atomic mass is 16.5. The molecule has 4 aromatic rings. The van der Waals surface area contributed by atoms with Crippen LogP contribution in [-0.2, 0) is 39.4 Å². The van der Waals surface area contributed by atoms with Gasteiger partial charge < -0.3 is 14.2 Å². The highest BCUT2D eigenvalue weighted by molar-refractivity contribution is 6.13. The van der Waals surface area contributed by atoms with E-state index < -0.39 is 5.41 Å². The Hall–Kier alpha value is -4.65. The third kappa shape index (κ3) is 5.54. The number of amides is 1. The van der Waals surface area contributed by atoms with Crippen molar-refractivity contribution in [1.29, 1.82) is 0 Å². The number of benzene rings is 3. The van der Waals surface area contributed by atoms with Crippen molar-refractivity contribution in [2.75, 3.05) is 11.5 Å². The molecule has 0 saturated heterocycles. The van der Waals surface area contributed by atoms with E-state index in [0.29, 0.717) is 30.5 Å². The van der Waals surface area contributed by atoms with E-state index in [0.717, 1.165) is 22.3 Å². The minimum Gasteiger partial charge on any atom is -0.473 e. The second-order valence-electron chi connectivity index (χ2n) is 10.1. The van der Waals surface area contributed by atoms with Crippen LogP contribution in [0.5, 0.6) is 11.8 Å². The maximum atomic E-state index is 14.0. The summed E-state index contributed by atoms with van der Waals surface area (Å²) in [6.07, 6.45) is 0.0867. The van der Waals surface area contributed by atoms with Gasteiger partial charge in [0.1, 0.15) is 18.9 Å². The zero-order valence-corrected chi connectivity index (χ0v) is 22.9. The van der Waals surface area contributed by atoms with Gasteiger partial charge in [-0.2, -0.15) is 4.98 Å². The number of hydrogen-bond acceptors (Lipinski definition) is 6. The van der Waals surface area contributed by atoms with E-state index in [1.54, 1.807) is 24.0 Å². The van der Waals surface area contributed by atoms with Crippen molar-refractivity contribution < 1.29 is 23.8 Å². The molecule has 1 aliphatic rings. The Kier molecular flexibility index (Phi) is 7.82. The third-order valence-electron chi connectivity index (χ3n) is 6.88. The van der Waals surface area contributed by atoms with E-state index >= 15 is 0 Å². The molecule has 1 aromatic heterocycles. The fourth-order valence-corrected chi connectivity index (χ4v) is 4.97. The van der Waals surface area contributed by atoms with Crippen LogP contribution in [0.15, 0.2) is 91.0 Å². The molecule has 2 heterocycles. The summed E-state index contributed by atoms with van der Waals surface area (Å²) in [5.74, 6) is 0.203. The van der Waals surface area contributed by atoms with Gasteiger partial charge in [-0.05, 0) is 55.2 Å². The average molecular weight is 537 g/mol. The average Bonchev–Trinajstić information content (AvgIpc) is 3.17. The van der Waals surface area contributed by atoms with Gasteiger partial charge in [0, 0.05) is 6.07 Å². The number of pyridine rings is 1. The van der Waals surface area contributed by atoms with Crippen molar-refractivity contribution in [3.63, 3.8) is 0 Å². The lowest BCUT2D eigenvalue weighted by molar-refractivity contribution is -0.142. The summed E-state index contributed by atoms with van der Waals surface area (Å²) in [7, 11) is 0. The van der Waals surface area contributed by atoms with Crippen LogP contribution in [0.1, 0.15) is 43.0 Å². The fraction of sp³-hybridized carbons (Fsp3) is 0.242. The van der Waals surface area contributed by atoms with Crippen LogP contribution < -0.4 is 14.4 Å². The lowest BCUT2D eigenvalue weighted by Crippen LogP contribution is -2.34. The van der Waals surface area contributed by atoms with Gasteiger partial charge in [0.25, 0.3) is 0 Å². The molecule has 0 N–H and O–H groups in total. The predicted octanol–water partition coefficient (Wildman–Crippen LogP) is 6.30. The van der Waals surface area contributed by atoms with Crippen LogP contribution in [0.25, 0.3) is 0 Å². The smallest absolute Gasteiger partial charge is 0.310 e. The molecular formula is C33H32N2O5. The van der Waals surface area contributed by atoms with E-state index in [1.165, 1.54) is 0 Å². The summed E-state index contributed by atoms with van der Waals surface area (Å²) in [5, 5.41) is 0. The molecule has 1 aliphatic heterocycles. The van der Waals surface area contributed by atoms with Gasteiger partial charge in [-0.3, -0.25) is 14.5 Å². The molecule has 0 bridgehead atoms. The van der Waals surface area contributed by atoms with Gasteiger partial charge in [0.05, 0.1) is 24.1 Å². The first-order chi connectivity index (χ1) is 19.4. The quantitative estimate of drug-likeness (QED) is 0.221. The van der Waals surface area contributed by atoms with Gasteiger partial charge in [-0.1, -0.05) is 72.8 Å². The standard InChI is InChI=1S/C33H32N2O5/c1-4-38-29(36)20-25-16-11-17-26-30(25)33(2,3)32(37)35(26)27-18-19-28(39-21-23-12-7-5-8-13-23)34-31(27)40-22-24-14-9-6-10-15-24/h5-19H,4,20-22H2,1-3H3. The summed E-state index contributed by atoms with van der Waals surface area (Å²) < 4.78 is 17.4. The Morgan fingerprint density at radius 3 is 2.10 bits per heavy atom. The molecule has 0 fully saturated rings. The molecule has 0 atom stereocenters. The molecule has 7 nitrogen and oxygen atoms in total. The summed E-state index contributed by atoms with van der Waals surface area (Å²) in [5.41, 5.74) is 3.87. The molecule has 0 spiro atoms. The summed E-state index contributed by atoms with van der Waals surface area (Å²) in [6, 6.07) is 28.8. The molecule has 0 radical (unpaired) electrons. The van der Waals surface area contributed by atoms with Crippen LogP contribution in [0.2, 0.25) is 0 Å². The number of fused-ring (bicyclic) bond motifs is 1. The van der Waals surface area contributed by atoms with Gasteiger partial charge >= 0.3 is 5.97 Å². The Bertz CT molecular complexity index is 1500. The maximum Gasteiger partial charge on any atom is 0.310 e. The van der Waals surface area contributed by atoms with Crippen molar-refractivity contribution in [3.8, 4) is 11.8 Å². The van der Waals surface area contributed by atoms with E-state index in [1.807, 2.05) is 92.7 Å².